The number of carbonyl (C=O) groups excluding carboxylic acids is 1. The lowest BCUT2D eigenvalue weighted by Crippen LogP contribution is -2.28. The van der Waals surface area contributed by atoms with Crippen molar-refractivity contribution in [1.82, 2.24) is 10.2 Å². The summed E-state index contributed by atoms with van der Waals surface area (Å²) in [5.41, 5.74) is 4.32. The van der Waals surface area contributed by atoms with Crippen LogP contribution in [-0.4, -0.2) is 37.5 Å². The SMILES string of the molecule is CCCN(C)C(=O)c1ccc(CNc2c(Cl)ccc3c2CCNCC3)cc1F. The molecule has 0 radical (unpaired) electrons. The largest absolute Gasteiger partial charge is 0.380 e. The van der Waals surface area contributed by atoms with Gasteiger partial charge in [0.15, 0.2) is 0 Å². The molecule has 0 aliphatic carbocycles. The van der Waals surface area contributed by atoms with E-state index >= 15 is 0 Å². The number of halogens is 2. The van der Waals surface area contributed by atoms with Crippen LogP contribution < -0.4 is 10.6 Å². The van der Waals surface area contributed by atoms with E-state index in [0.717, 1.165) is 43.6 Å². The Balaban J connectivity index is 1.75. The van der Waals surface area contributed by atoms with Crippen LogP contribution in [0, 0.1) is 5.82 Å². The van der Waals surface area contributed by atoms with Gasteiger partial charge in [0.25, 0.3) is 5.91 Å². The maximum atomic E-state index is 14.5. The number of rotatable bonds is 6. The van der Waals surface area contributed by atoms with Gasteiger partial charge >= 0.3 is 0 Å². The van der Waals surface area contributed by atoms with E-state index in [2.05, 4.69) is 16.7 Å². The predicted molar refractivity (Wildman–Crippen MR) is 113 cm³/mol. The number of nitrogens with one attached hydrogen (secondary N) is 2. The first-order chi connectivity index (χ1) is 13.5. The predicted octanol–water partition coefficient (Wildman–Crippen LogP) is 4.26. The monoisotopic (exact) mass is 403 g/mol. The lowest BCUT2D eigenvalue weighted by Gasteiger charge is -2.18. The third kappa shape index (κ3) is 4.65. The lowest BCUT2D eigenvalue weighted by atomic mass is 10.0. The maximum Gasteiger partial charge on any atom is 0.256 e. The first-order valence-corrected chi connectivity index (χ1v) is 10.2. The molecule has 1 aliphatic heterocycles. The molecule has 28 heavy (non-hydrogen) atoms. The average molecular weight is 404 g/mol. The lowest BCUT2D eigenvalue weighted by molar-refractivity contribution is 0.0790. The first kappa shape index (κ1) is 20.6. The first-order valence-electron chi connectivity index (χ1n) is 9.80. The minimum absolute atomic E-state index is 0.109. The summed E-state index contributed by atoms with van der Waals surface area (Å²) in [5, 5.41) is 7.46. The van der Waals surface area contributed by atoms with Gasteiger partial charge in [0.2, 0.25) is 0 Å². The van der Waals surface area contributed by atoms with E-state index in [4.69, 9.17) is 11.6 Å². The fourth-order valence-corrected chi connectivity index (χ4v) is 3.85. The number of hydrogen-bond acceptors (Lipinski definition) is 3. The van der Waals surface area contributed by atoms with Crippen molar-refractivity contribution in [2.75, 3.05) is 32.0 Å². The van der Waals surface area contributed by atoms with Crippen molar-refractivity contribution in [2.24, 2.45) is 0 Å². The van der Waals surface area contributed by atoms with E-state index in [1.54, 1.807) is 24.1 Å². The number of carbonyl (C=O) groups is 1. The summed E-state index contributed by atoms with van der Waals surface area (Å²) < 4.78 is 14.5. The standard InChI is InChI=1S/C22H27ClFN3O/c1-3-12-27(2)22(28)18-6-4-15(13-20(18)24)14-26-21-17-9-11-25-10-8-16(17)5-7-19(21)23/h4-7,13,25-26H,3,8-12,14H2,1-2H3. The molecule has 0 spiro atoms. The molecule has 0 atom stereocenters. The van der Waals surface area contributed by atoms with Gasteiger partial charge in [0.1, 0.15) is 5.82 Å². The second-order valence-corrected chi connectivity index (χ2v) is 7.61. The van der Waals surface area contributed by atoms with E-state index in [0.29, 0.717) is 18.1 Å². The molecule has 2 aromatic rings. The van der Waals surface area contributed by atoms with E-state index in [9.17, 15) is 9.18 Å². The number of anilines is 1. The number of nitrogens with zero attached hydrogens (tertiary/aromatic N) is 1. The Kier molecular flexibility index (Phi) is 6.92. The topological polar surface area (TPSA) is 44.4 Å². The van der Waals surface area contributed by atoms with Gasteiger partial charge < -0.3 is 15.5 Å². The van der Waals surface area contributed by atoms with Crippen LogP contribution >= 0.6 is 11.6 Å². The Morgan fingerprint density at radius 1 is 1.25 bits per heavy atom. The summed E-state index contributed by atoms with van der Waals surface area (Å²) in [6.07, 6.45) is 2.71. The molecular formula is C22H27ClFN3O. The fraction of sp³-hybridized carbons (Fsp3) is 0.409. The van der Waals surface area contributed by atoms with Crippen LogP contribution in [0.5, 0.6) is 0 Å². The normalized spacial score (nSPS) is 13.6. The minimum atomic E-state index is -0.491. The molecule has 0 saturated heterocycles. The highest BCUT2D eigenvalue weighted by molar-refractivity contribution is 6.33. The molecule has 0 saturated carbocycles. The molecule has 6 heteroatoms. The summed E-state index contributed by atoms with van der Waals surface area (Å²) in [4.78, 5) is 13.9. The van der Waals surface area contributed by atoms with Crippen LogP contribution in [-0.2, 0) is 19.4 Å². The van der Waals surface area contributed by atoms with Crippen molar-refractivity contribution in [3.8, 4) is 0 Å². The van der Waals surface area contributed by atoms with Crippen molar-refractivity contribution in [1.29, 1.82) is 0 Å². The zero-order chi connectivity index (χ0) is 20.1. The quantitative estimate of drug-likeness (QED) is 0.757. The number of benzene rings is 2. The van der Waals surface area contributed by atoms with Gasteiger partial charge in [-0.2, -0.15) is 0 Å². The molecule has 2 N–H and O–H groups in total. The van der Waals surface area contributed by atoms with Crippen LogP contribution in [0.2, 0.25) is 5.02 Å². The molecule has 4 nitrogen and oxygen atoms in total. The Morgan fingerprint density at radius 3 is 2.79 bits per heavy atom. The van der Waals surface area contributed by atoms with Crippen LogP contribution in [0.1, 0.15) is 40.4 Å². The summed E-state index contributed by atoms with van der Waals surface area (Å²) >= 11 is 6.44. The third-order valence-corrected chi connectivity index (χ3v) is 5.44. The Hall–Kier alpha value is -2.11. The molecule has 150 valence electrons. The van der Waals surface area contributed by atoms with Gasteiger partial charge in [-0.25, -0.2) is 4.39 Å². The zero-order valence-corrected chi connectivity index (χ0v) is 17.2. The Morgan fingerprint density at radius 2 is 2.04 bits per heavy atom. The van der Waals surface area contributed by atoms with Gasteiger partial charge in [0, 0.05) is 20.1 Å². The highest BCUT2D eigenvalue weighted by Gasteiger charge is 2.17. The summed E-state index contributed by atoms with van der Waals surface area (Å²) in [6.45, 7) is 4.91. The molecule has 1 amide bonds. The molecular weight excluding hydrogens is 377 g/mol. The smallest absolute Gasteiger partial charge is 0.256 e. The molecule has 0 fully saturated rings. The molecule has 2 aromatic carbocycles. The fourth-order valence-electron chi connectivity index (χ4n) is 3.61. The van der Waals surface area contributed by atoms with Gasteiger partial charge in [0.05, 0.1) is 16.3 Å². The number of hydrogen-bond donors (Lipinski definition) is 2. The van der Waals surface area contributed by atoms with E-state index in [-0.39, 0.29) is 11.5 Å². The molecule has 3 rings (SSSR count). The molecule has 1 heterocycles. The van der Waals surface area contributed by atoms with Crippen molar-refractivity contribution in [3.63, 3.8) is 0 Å². The number of fused-ring (bicyclic) bond motifs is 1. The Labute approximate surface area is 171 Å². The van der Waals surface area contributed by atoms with E-state index in [1.165, 1.54) is 17.2 Å². The van der Waals surface area contributed by atoms with Gasteiger partial charge in [-0.15, -0.1) is 0 Å². The molecule has 0 aromatic heterocycles. The minimum Gasteiger partial charge on any atom is -0.380 e. The van der Waals surface area contributed by atoms with E-state index in [1.807, 2.05) is 13.0 Å². The van der Waals surface area contributed by atoms with E-state index < -0.39 is 5.82 Å². The highest BCUT2D eigenvalue weighted by Crippen LogP contribution is 2.31. The average Bonchev–Trinajstić information content (AvgIpc) is 2.92. The summed E-state index contributed by atoms with van der Waals surface area (Å²) in [7, 11) is 1.69. The van der Waals surface area contributed by atoms with Crippen LogP contribution in [0.15, 0.2) is 30.3 Å². The highest BCUT2D eigenvalue weighted by atomic mass is 35.5. The van der Waals surface area contributed by atoms with Crippen LogP contribution in [0.25, 0.3) is 0 Å². The molecule has 0 bridgehead atoms. The summed E-state index contributed by atoms with van der Waals surface area (Å²) in [6, 6.07) is 8.79. The van der Waals surface area contributed by atoms with Crippen molar-refractivity contribution < 1.29 is 9.18 Å². The summed E-state index contributed by atoms with van der Waals surface area (Å²) in [5.74, 6) is -0.780. The zero-order valence-electron chi connectivity index (χ0n) is 16.4. The Bertz CT molecular complexity index is 856. The van der Waals surface area contributed by atoms with Gasteiger partial charge in [-0.3, -0.25) is 4.79 Å². The van der Waals surface area contributed by atoms with Crippen molar-refractivity contribution >= 4 is 23.2 Å². The van der Waals surface area contributed by atoms with Gasteiger partial charge in [-0.1, -0.05) is 30.7 Å². The van der Waals surface area contributed by atoms with Crippen molar-refractivity contribution in [3.05, 3.63) is 63.4 Å². The van der Waals surface area contributed by atoms with Crippen LogP contribution in [0.3, 0.4) is 0 Å². The number of amides is 1. The second-order valence-electron chi connectivity index (χ2n) is 7.20. The van der Waals surface area contributed by atoms with Gasteiger partial charge in [-0.05, 0) is 67.2 Å². The third-order valence-electron chi connectivity index (χ3n) is 5.12. The maximum absolute atomic E-state index is 14.5. The second kappa shape index (κ2) is 9.39. The van der Waals surface area contributed by atoms with Crippen molar-refractivity contribution in [2.45, 2.75) is 32.7 Å². The molecule has 1 aliphatic rings. The van der Waals surface area contributed by atoms with Crippen LogP contribution in [0.4, 0.5) is 10.1 Å². The molecule has 0 unspecified atom stereocenters.